The van der Waals surface area contributed by atoms with E-state index in [9.17, 15) is 0 Å². The van der Waals surface area contributed by atoms with Crippen molar-refractivity contribution in [2.45, 2.75) is 0 Å². The Morgan fingerprint density at radius 1 is 0.314 bits per heavy atom. The first kappa shape index (κ1) is 28.0. The molecule has 0 aliphatic carbocycles. The van der Waals surface area contributed by atoms with E-state index in [4.69, 9.17) is 13.3 Å². The van der Waals surface area contributed by atoms with E-state index in [1.54, 1.807) is 12.5 Å². The van der Waals surface area contributed by atoms with E-state index in [2.05, 4.69) is 133 Å². The van der Waals surface area contributed by atoms with E-state index in [0.717, 1.165) is 93.6 Å². The molecule has 0 bridgehead atoms. The Balaban J connectivity index is 1.19. The molecular weight excluding hydrogens is 625 g/mol. The summed E-state index contributed by atoms with van der Waals surface area (Å²) in [6.45, 7) is 0. The van der Waals surface area contributed by atoms with E-state index >= 15 is 0 Å². The van der Waals surface area contributed by atoms with Crippen LogP contribution in [0.2, 0.25) is 0 Å². The lowest BCUT2D eigenvalue weighted by Crippen LogP contribution is -1.90. The van der Waals surface area contributed by atoms with Crippen molar-refractivity contribution in [1.29, 1.82) is 0 Å². The van der Waals surface area contributed by atoms with Gasteiger partial charge in [0.2, 0.25) is 0 Å². The maximum atomic E-state index is 6.84. The monoisotopic (exact) mass is 652 g/mol. The second-order valence-corrected chi connectivity index (χ2v) is 13.1. The van der Waals surface area contributed by atoms with Crippen LogP contribution in [0.15, 0.2) is 184 Å². The molecule has 11 rings (SSSR count). The Kier molecular flexibility index (Phi) is 5.96. The van der Waals surface area contributed by atoms with E-state index in [1.165, 1.54) is 16.3 Å². The summed E-state index contributed by atoms with van der Waals surface area (Å²) in [6.07, 6.45) is 3.49. The second-order valence-electron chi connectivity index (χ2n) is 13.1. The molecule has 3 aromatic heterocycles. The van der Waals surface area contributed by atoms with Gasteiger partial charge >= 0.3 is 0 Å². The molecule has 0 saturated heterocycles. The fraction of sp³-hybridized carbons (Fsp3) is 0. The van der Waals surface area contributed by atoms with Crippen LogP contribution in [0.3, 0.4) is 0 Å². The van der Waals surface area contributed by atoms with Crippen LogP contribution in [0.25, 0.3) is 110 Å². The molecule has 0 saturated carbocycles. The minimum atomic E-state index is 0.862. The van der Waals surface area contributed by atoms with Crippen LogP contribution in [-0.4, -0.2) is 0 Å². The van der Waals surface area contributed by atoms with Gasteiger partial charge in [-0.05, 0) is 90.6 Å². The van der Waals surface area contributed by atoms with E-state index in [-0.39, 0.29) is 0 Å². The van der Waals surface area contributed by atoms with Crippen molar-refractivity contribution in [2.75, 3.05) is 0 Å². The first-order chi connectivity index (χ1) is 25.3. The van der Waals surface area contributed by atoms with Crippen molar-refractivity contribution in [1.82, 2.24) is 0 Å². The summed E-state index contributed by atoms with van der Waals surface area (Å²) in [5, 5.41) is 11.5. The molecule has 0 unspecified atom stereocenters. The van der Waals surface area contributed by atoms with Gasteiger partial charge in [0.15, 0.2) is 0 Å². The smallest absolute Gasteiger partial charge is 0.143 e. The molecule has 11 aromatic rings. The molecule has 238 valence electrons. The van der Waals surface area contributed by atoms with Crippen molar-refractivity contribution in [3.63, 3.8) is 0 Å². The highest BCUT2D eigenvalue weighted by Gasteiger charge is 2.22. The second kappa shape index (κ2) is 10.8. The van der Waals surface area contributed by atoms with Crippen molar-refractivity contribution in [3.8, 4) is 44.9 Å². The molecule has 3 heteroatoms. The molecule has 0 atom stereocenters. The van der Waals surface area contributed by atoms with Gasteiger partial charge in [-0.15, -0.1) is 0 Å². The van der Waals surface area contributed by atoms with Gasteiger partial charge in [-0.3, -0.25) is 0 Å². The molecule has 51 heavy (non-hydrogen) atoms. The van der Waals surface area contributed by atoms with Crippen molar-refractivity contribution < 1.29 is 13.3 Å². The van der Waals surface area contributed by atoms with Gasteiger partial charge in [0.05, 0.1) is 12.5 Å². The summed E-state index contributed by atoms with van der Waals surface area (Å²) in [6, 6.07) is 55.7. The van der Waals surface area contributed by atoms with E-state index in [0.29, 0.717) is 0 Å². The van der Waals surface area contributed by atoms with Gasteiger partial charge in [-0.1, -0.05) is 121 Å². The number of rotatable bonds is 4. The predicted octanol–water partition coefficient (Wildman–Crippen LogP) is 14.1. The molecule has 0 amide bonds. The van der Waals surface area contributed by atoms with Gasteiger partial charge in [-0.25, -0.2) is 0 Å². The number of hydrogen-bond donors (Lipinski definition) is 0. The quantitative estimate of drug-likeness (QED) is 0.178. The lowest BCUT2D eigenvalue weighted by molar-refractivity contribution is 0.583. The zero-order chi connectivity index (χ0) is 33.5. The summed E-state index contributed by atoms with van der Waals surface area (Å²) >= 11 is 0. The lowest BCUT2D eigenvalue weighted by atomic mass is 9.86. The van der Waals surface area contributed by atoms with Gasteiger partial charge in [0, 0.05) is 33.0 Å². The minimum Gasteiger partial charge on any atom is -0.464 e. The zero-order valence-corrected chi connectivity index (χ0v) is 27.4. The Hall–Kier alpha value is -6.84. The standard InChI is InChI=1S/C48H28O3/c1-5-16-34-30(12-1)44(31-13-2-6-17-35(31)46(34)42-22-10-26-49-42)29-24-25-41-40(28-29)38-20-9-21-39(48(38)51-41)45-32-14-3-7-18-36(32)47(43-23-11-27-50-43)37-19-8-4-15-33(37)45/h1-28H. The van der Waals surface area contributed by atoms with Crippen LogP contribution in [-0.2, 0) is 0 Å². The fourth-order valence-corrected chi connectivity index (χ4v) is 8.38. The van der Waals surface area contributed by atoms with Crippen LogP contribution in [0.1, 0.15) is 0 Å². The molecule has 0 N–H and O–H groups in total. The van der Waals surface area contributed by atoms with Gasteiger partial charge in [-0.2, -0.15) is 0 Å². The molecule has 3 nitrogen and oxygen atoms in total. The van der Waals surface area contributed by atoms with Crippen LogP contribution in [0.5, 0.6) is 0 Å². The highest BCUT2D eigenvalue weighted by atomic mass is 16.3. The Morgan fingerprint density at radius 2 is 0.765 bits per heavy atom. The van der Waals surface area contributed by atoms with Gasteiger partial charge < -0.3 is 13.3 Å². The normalized spacial score (nSPS) is 11.9. The summed E-state index contributed by atoms with van der Waals surface area (Å²) in [4.78, 5) is 0. The van der Waals surface area contributed by atoms with Gasteiger partial charge in [0.25, 0.3) is 0 Å². The van der Waals surface area contributed by atoms with Crippen LogP contribution in [0, 0.1) is 0 Å². The number of fused-ring (bicyclic) bond motifs is 7. The van der Waals surface area contributed by atoms with E-state index < -0.39 is 0 Å². The first-order valence-electron chi connectivity index (χ1n) is 17.2. The highest BCUT2D eigenvalue weighted by Crippen LogP contribution is 2.48. The molecule has 0 aliphatic rings. The Bertz CT molecular complexity index is 3010. The molecule has 0 aliphatic heterocycles. The summed E-state index contributed by atoms with van der Waals surface area (Å²) in [7, 11) is 0. The molecule has 0 spiro atoms. The number of hydrogen-bond acceptors (Lipinski definition) is 3. The average Bonchev–Trinajstić information content (AvgIpc) is 3.98. The summed E-state index contributed by atoms with van der Waals surface area (Å²) in [5.74, 6) is 1.73. The summed E-state index contributed by atoms with van der Waals surface area (Å²) < 4.78 is 18.8. The molecule has 3 heterocycles. The topological polar surface area (TPSA) is 39.4 Å². The van der Waals surface area contributed by atoms with Crippen molar-refractivity contribution in [2.24, 2.45) is 0 Å². The number of benzene rings is 8. The molecular formula is C48H28O3. The van der Waals surface area contributed by atoms with Crippen molar-refractivity contribution >= 4 is 65.0 Å². The van der Waals surface area contributed by atoms with Crippen LogP contribution >= 0.6 is 0 Å². The fourth-order valence-electron chi connectivity index (χ4n) is 8.38. The molecule has 8 aromatic carbocycles. The number of para-hydroxylation sites is 1. The lowest BCUT2D eigenvalue weighted by Gasteiger charge is -2.16. The predicted molar refractivity (Wildman–Crippen MR) is 210 cm³/mol. The minimum absolute atomic E-state index is 0.862. The highest BCUT2D eigenvalue weighted by molar-refractivity contribution is 6.25. The maximum Gasteiger partial charge on any atom is 0.143 e. The van der Waals surface area contributed by atoms with Crippen LogP contribution in [0.4, 0.5) is 0 Å². The van der Waals surface area contributed by atoms with E-state index in [1.807, 2.05) is 24.3 Å². The maximum absolute atomic E-state index is 6.84. The first-order valence-corrected chi connectivity index (χ1v) is 17.2. The third-order valence-electron chi connectivity index (χ3n) is 10.5. The largest absolute Gasteiger partial charge is 0.464 e. The Labute approximate surface area is 292 Å². The average molecular weight is 653 g/mol. The third kappa shape index (κ3) is 4.06. The molecule has 0 radical (unpaired) electrons. The van der Waals surface area contributed by atoms with Crippen LogP contribution < -0.4 is 0 Å². The molecule has 0 fully saturated rings. The SMILES string of the molecule is c1coc(-c2c3ccccc3c(-c3ccc4oc5c(-c6c7ccccc7c(-c7ccco7)c7ccccc67)cccc5c4c3)c3ccccc23)c1. The Morgan fingerprint density at radius 3 is 1.24 bits per heavy atom. The zero-order valence-electron chi connectivity index (χ0n) is 27.4. The van der Waals surface area contributed by atoms with Crippen molar-refractivity contribution in [3.05, 3.63) is 170 Å². The van der Waals surface area contributed by atoms with Gasteiger partial charge in [0.1, 0.15) is 22.7 Å². The summed E-state index contributed by atoms with van der Waals surface area (Å²) in [5.41, 5.74) is 8.55. The number of furan rings is 3. The third-order valence-corrected chi connectivity index (χ3v) is 10.5.